The minimum atomic E-state index is -0.0331. The smallest absolute Gasteiger partial charge is 0.0573 e. The topological polar surface area (TPSA) is 69.7 Å². The van der Waals surface area contributed by atoms with Crippen LogP contribution in [0.5, 0.6) is 0 Å². The van der Waals surface area contributed by atoms with E-state index in [1.807, 2.05) is 4.90 Å². The van der Waals surface area contributed by atoms with Gasteiger partial charge in [-0.25, -0.2) is 0 Å². The average Bonchev–Trinajstić information content (AvgIpc) is 2.04. The van der Waals surface area contributed by atoms with Crippen molar-refractivity contribution in [1.29, 1.82) is 0 Å². The third-order valence-corrected chi connectivity index (χ3v) is 1.83. The van der Waals surface area contributed by atoms with Crippen LogP contribution in [0, 0.1) is 0 Å². The molecule has 0 aromatic carbocycles. The molecule has 0 amide bonds. The third kappa shape index (κ3) is 4.66. The second-order valence-corrected chi connectivity index (χ2v) is 2.84. The first-order chi connectivity index (χ1) is 5.76. The minimum absolute atomic E-state index is 0.0331. The molecule has 0 aliphatic rings. The first-order valence-corrected chi connectivity index (χ1v) is 4.47. The molecule has 4 N–H and O–H groups in total. The van der Waals surface area contributed by atoms with E-state index in [0.717, 1.165) is 12.8 Å². The molecule has 0 aliphatic heterocycles. The summed E-state index contributed by atoms with van der Waals surface area (Å²) >= 11 is 0. The van der Waals surface area contributed by atoms with E-state index in [2.05, 4.69) is 6.92 Å². The van der Waals surface area contributed by atoms with Crippen molar-refractivity contribution in [2.45, 2.75) is 25.9 Å². The summed E-state index contributed by atoms with van der Waals surface area (Å²) in [5, 5.41) is 17.4. The molecule has 1 unspecified atom stereocenters. The van der Waals surface area contributed by atoms with Crippen LogP contribution in [0.3, 0.4) is 0 Å². The lowest BCUT2D eigenvalue weighted by Crippen LogP contribution is -2.44. The van der Waals surface area contributed by atoms with Gasteiger partial charge < -0.3 is 15.9 Å². The van der Waals surface area contributed by atoms with Gasteiger partial charge in [-0.15, -0.1) is 0 Å². The van der Waals surface area contributed by atoms with Crippen LogP contribution in [0.15, 0.2) is 0 Å². The van der Waals surface area contributed by atoms with Crippen LogP contribution in [-0.4, -0.2) is 47.6 Å². The maximum atomic E-state index is 8.70. The van der Waals surface area contributed by atoms with E-state index >= 15 is 0 Å². The molecule has 0 aliphatic carbocycles. The highest BCUT2D eigenvalue weighted by Crippen LogP contribution is 1.99. The SMILES string of the molecule is CCCC(N)N(CCO)CCO. The Kier molecular flexibility index (Phi) is 7.39. The van der Waals surface area contributed by atoms with Gasteiger partial charge in [0.15, 0.2) is 0 Å². The minimum Gasteiger partial charge on any atom is -0.395 e. The van der Waals surface area contributed by atoms with Crippen molar-refractivity contribution in [3.8, 4) is 0 Å². The Labute approximate surface area is 74.0 Å². The van der Waals surface area contributed by atoms with Crippen molar-refractivity contribution in [3.05, 3.63) is 0 Å². The summed E-state index contributed by atoms with van der Waals surface area (Å²) in [7, 11) is 0. The number of aliphatic hydroxyl groups is 2. The summed E-state index contributed by atoms with van der Waals surface area (Å²) < 4.78 is 0. The van der Waals surface area contributed by atoms with E-state index < -0.39 is 0 Å². The predicted octanol–water partition coefficient (Wildman–Crippen LogP) is -0.642. The molecule has 0 heterocycles. The number of nitrogens with two attached hydrogens (primary N) is 1. The summed E-state index contributed by atoms with van der Waals surface area (Å²) in [4.78, 5) is 1.89. The van der Waals surface area contributed by atoms with Crippen LogP contribution >= 0.6 is 0 Å². The van der Waals surface area contributed by atoms with Gasteiger partial charge in [0.25, 0.3) is 0 Å². The van der Waals surface area contributed by atoms with Crippen molar-refractivity contribution in [2.24, 2.45) is 5.73 Å². The molecule has 0 fully saturated rings. The molecule has 1 atom stereocenters. The lowest BCUT2D eigenvalue weighted by Gasteiger charge is -2.26. The highest BCUT2D eigenvalue weighted by Gasteiger charge is 2.11. The van der Waals surface area contributed by atoms with Gasteiger partial charge in [0.1, 0.15) is 0 Å². The maximum absolute atomic E-state index is 8.70. The fourth-order valence-electron chi connectivity index (χ4n) is 1.18. The van der Waals surface area contributed by atoms with Crippen molar-refractivity contribution >= 4 is 0 Å². The summed E-state index contributed by atoms with van der Waals surface area (Å²) in [5.74, 6) is 0. The third-order valence-electron chi connectivity index (χ3n) is 1.83. The van der Waals surface area contributed by atoms with E-state index in [4.69, 9.17) is 15.9 Å². The van der Waals surface area contributed by atoms with Crippen molar-refractivity contribution < 1.29 is 10.2 Å². The van der Waals surface area contributed by atoms with Gasteiger partial charge in [-0.2, -0.15) is 0 Å². The average molecular weight is 176 g/mol. The standard InChI is InChI=1S/C8H20N2O2/c1-2-3-8(9)10(4-6-11)5-7-12/h8,11-12H,2-7,9H2,1H3. The molecule has 0 saturated carbocycles. The second-order valence-electron chi connectivity index (χ2n) is 2.84. The first-order valence-electron chi connectivity index (χ1n) is 4.47. The zero-order valence-electron chi connectivity index (χ0n) is 7.74. The van der Waals surface area contributed by atoms with Gasteiger partial charge >= 0.3 is 0 Å². The molecular formula is C8H20N2O2. The largest absolute Gasteiger partial charge is 0.395 e. The number of rotatable bonds is 7. The van der Waals surface area contributed by atoms with Gasteiger partial charge in [0.2, 0.25) is 0 Å². The van der Waals surface area contributed by atoms with Crippen molar-refractivity contribution in [2.75, 3.05) is 26.3 Å². The van der Waals surface area contributed by atoms with Crippen LogP contribution in [0.25, 0.3) is 0 Å². The van der Waals surface area contributed by atoms with Gasteiger partial charge in [0, 0.05) is 13.1 Å². The van der Waals surface area contributed by atoms with Crippen LogP contribution in [0.2, 0.25) is 0 Å². The fraction of sp³-hybridized carbons (Fsp3) is 1.00. The maximum Gasteiger partial charge on any atom is 0.0573 e. The van der Waals surface area contributed by atoms with Crippen LogP contribution in [0.1, 0.15) is 19.8 Å². The van der Waals surface area contributed by atoms with Gasteiger partial charge in [-0.05, 0) is 6.42 Å². The summed E-state index contributed by atoms with van der Waals surface area (Å²) in [6, 6.07) is 0. The molecule has 0 rings (SSSR count). The van der Waals surface area contributed by atoms with Gasteiger partial charge in [-0.3, -0.25) is 4.90 Å². The number of hydrogen-bond donors (Lipinski definition) is 3. The molecule has 0 bridgehead atoms. The molecule has 0 aromatic heterocycles. The molecule has 0 spiro atoms. The Balaban J connectivity index is 3.72. The molecule has 0 saturated heterocycles. The Morgan fingerprint density at radius 2 is 1.75 bits per heavy atom. The molecular weight excluding hydrogens is 156 g/mol. The van der Waals surface area contributed by atoms with Gasteiger partial charge in [0.05, 0.1) is 19.4 Å². The Morgan fingerprint density at radius 1 is 1.25 bits per heavy atom. The second kappa shape index (κ2) is 7.49. The number of nitrogens with zero attached hydrogens (tertiary/aromatic N) is 1. The highest BCUT2D eigenvalue weighted by atomic mass is 16.3. The molecule has 74 valence electrons. The van der Waals surface area contributed by atoms with E-state index in [1.54, 1.807) is 0 Å². The molecule has 12 heavy (non-hydrogen) atoms. The molecule has 4 nitrogen and oxygen atoms in total. The van der Waals surface area contributed by atoms with Crippen LogP contribution in [-0.2, 0) is 0 Å². The lowest BCUT2D eigenvalue weighted by molar-refractivity contribution is 0.119. The normalized spacial score (nSPS) is 13.8. The monoisotopic (exact) mass is 176 g/mol. The first kappa shape index (κ1) is 11.8. The predicted molar refractivity (Wildman–Crippen MR) is 48.6 cm³/mol. The van der Waals surface area contributed by atoms with E-state index in [0.29, 0.717) is 13.1 Å². The van der Waals surface area contributed by atoms with E-state index in [1.165, 1.54) is 0 Å². The number of hydrogen-bond acceptors (Lipinski definition) is 4. The van der Waals surface area contributed by atoms with Gasteiger partial charge in [-0.1, -0.05) is 13.3 Å². The summed E-state index contributed by atoms with van der Waals surface area (Å²) in [5.41, 5.74) is 5.80. The zero-order valence-corrected chi connectivity index (χ0v) is 7.74. The Bertz CT molecular complexity index is 95.1. The van der Waals surface area contributed by atoms with Crippen LogP contribution in [0.4, 0.5) is 0 Å². The zero-order chi connectivity index (χ0) is 9.40. The summed E-state index contributed by atoms with van der Waals surface area (Å²) in [6.07, 6.45) is 1.89. The lowest BCUT2D eigenvalue weighted by atomic mass is 10.2. The quantitative estimate of drug-likeness (QED) is 0.451. The van der Waals surface area contributed by atoms with Crippen molar-refractivity contribution in [3.63, 3.8) is 0 Å². The van der Waals surface area contributed by atoms with Crippen LogP contribution < -0.4 is 5.73 Å². The highest BCUT2D eigenvalue weighted by molar-refractivity contribution is 4.64. The molecule has 0 radical (unpaired) electrons. The Morgan fingerprint density at radius 3 is 2.08 bits per heavy atom. The van der Waals surface area contributed by atoms with E-state index in [9.17, 15) is 0 Å². The summed E-state index contributed by atoms with van der Waals surface area (Å²) in [6.45, 7) is 3.34. The molecule has 4 heteroatoms. The van der Waals surface area contributed by atoms with Crippen molar-refractivity contribution in [1.82, 2.24) is 4.90 Å². The number of aliphatic hydroxyl groups excluding tert-OH is 2. The Hall–Kier alpha value is -0.160. The van der Waals surface area contributed by atoms with E-state index in [-0.39, 0.29) is 19.4 Å². The fourth-order valence-corrected chi connectivity index (χ4v) is 1.18. The molecule has 0 aromatic rings.